The Bertz CT molecular complexity index is 314. The molecule has 0 saturated carbocycles. The minimum absolute atomic E-state index is 0.423. The normalized spacial score (nSPS) is 10.3. The minimum Gasteiger partial charge on any atom is -0.374 e. The highest BCUT2D eigenvalue weighted by Crippen LogP contribution is 2.13. The van der Waals surface area contributed by atoms with Gasteiger partial charge in [0.1, 0.15) is 12.4 Å². The lowest BCUT2D eigenvalue weighted by atomic mass is 10.2. The van der Waals surface area contributed by atoms with Crippen molar-refractivity contribution in [3.8, 4) is 0 Å². The Balaban J connectivity index is 2.91. The van der Waals surface area contributed by atoms with Gasteiger partial charge in [-0.3, -0.25) is 0 Å². The topological polar surface area (TPSA) is 73.1 Å². The Morgan fingerprint density at radius 2 is 2.07 bits per heavy atom. The summed E-state index contributed by atoms with van der Waals surface area (Å²) in [7, 11) is 0. The molecule has 3 N–H and O–H groups in total. The molecule has 0 aliphatic heterocycles. The van der Waals surface area contributed by atoms with E-state index < -0.39 is 0 Å². The fourth-order valence-corrected chi connectivity index (χ4v) is 1.09. The first-order valence-corrected chi connectivity index (χ1v) is 4.57. The lowest BCUT2D eigenvalue weighted by Gasteiger charge is -2.09. The van der Waals surface area contributed by atoms with E-state index in [9.17, 15) is 0 Å². The third kappa shape index (κ3) is 2.40. The van der Waals surface area contributed by atoms with Crippen LogP contribution in [0.4, 0.5) is 5.82 Å². The molecule has 0 aliphatic rings. The van der Waals surface area contributed by atoms with Crippen molar-refractivity contribution in [2.24, 2.45) is 5.84 Å². The Morgan fingerprint density at radius 3 is 2.64 bits per heavy atom. The highest BCUT2D eigenvalue weighted by Gasteiger charge is 2.06. The standard InChI is InChI=1S/C9H16N4O/c1-4-14-5-8-11-7(3)6(2)9(12-8)13-10/h4-5,10H2,1-3H3,(H,11,12,13). The molecule has 1 heterocycles. The van der Waals surface area contributed by atoms with Gasteiger partial charge in [-0.15, -0.1) is 0 Å². The molecule has 1 aromatic rings. The first-order valence-electron chi connectivity index (χ1n) is 4.57. The van der Waals surface area contributed by atoms with Crippen LogP contribution in [0.3, 0.4) is 0 Å². The van der Waals surface area contributed by atoms with Gasteiger partial charge in [-0.25, -0.2) is 15.8 Å². The van der Waals surface area contributed by atoms with Crippen molar-refractivity contribution in [3.63, 3.8) is 0 Å². The molecule has 0 spiro atoms. The fraction of sp³-hybridized carbons (Fsp3) is 0.556. The van der Waals surface area contributed by atoms with Gasteiger partial charge in [0.05, 0.1) is 0 Å². The number of hydrogen-bond acceptors (Lipinski definition) is 5. The smallest absolute Gasteiger partial charge is 0.156 e. The average molecular weight is 196 g/mol. The van der Waals surface area contributed by atoms with Crippen molar-refractivity contribution in [1.82, 2.24) is 9.97 Å². The largest absolute Gasteiger partial charge is 0.374 e. The number of nitrogens with two attached hydrogens (primary N) is 1. The van der Waals surface area contributed by atoms with Crippen molar-refractivity contribution in [2.75, 3.05) is 12.0 Å². The van der Waals surface area contributed by atoms with E-state index in [2.05, 4.69) is 15.4 Å². The zero-order valence-electron chi connectivity index (χ0n) is 8.79. The molecule has 78 valence electrons. The summed E-state index contributed by atoms with van der Waals surface area (Å²) in [6.07, 6.45) is 0. The molecule has 0 amide bonds. The molecule has 0 radical (unpaired) electrons. The molecule has 1 aromatic heterocycles. The van der Waals surface area contributed by atoms with E-state index in [-0.39, 0.29) is 0 Å². The van der Waals surface area contributed by atoms with Crippen molar-refractivity contribution >= 4 is 5.82 Å². The van der Waals surface area contributed by atoms with Crippen LogP contribution in [0.2, 0.25) is 0 Å². The van der Waals surface area contributed by atoms with E-state index in [1.54, 1.807) is 0 Å². The van der Waals surface area contributed by atoms with Crippen LogP contribution in [-0.4, -0.2) is 16.6 Å². The molecule has 0 unspecified atom stereocenters. The summed E-state index contributed by atoms with van der Waals surface area (Å²) >= 11 is 0. The summed E-state index contributed by atoms with van der Waals surface area (Å²) in [4.78, 5) is 8.50. The SMILES string of the molecule is CCOCc1nc(C)c(C)c(NN)n1. The number of nitrogen functional groups attached to an aromatic ring is 1. The molecule has 5 heteroatoms. The summed E-state index contributed by atoms with van der Waals surface area (Å²) in [5, 5.41) is 0. The molecule has 5 nitrogen and oxygen atoms in total. The van der Waals surface area contributed by atoms with Crippen LogP contribution in [0.25, 0.3) is 0 Å². The van der Waals surface area contributed by atoms with Crippen molar-refractivity contribution in [1.29, 1.82) is 0 Å². The lowest BCUT2D eigenvalue weighted by Crippen LogP contribution is -2.13. The lowest BCUT2D eigenvalue weighted by molar-refractivity contribution is 0.128. The van der Waals surface area contributed by atoms with Gasteiger partial charge in [0, 0.05) is 17.9 Å². The number of ether oxygens (including phenoxy) is 1. The van der Waals surface area contributed by atoms with E-state index >= 15 is 0 Å². The Kier molecular flexibility index (Phi) is 3.79. The van der Waals surface area contributed by atoms with Gasteiger partial charge in [-0.2, -0.15) is 0 Å². The molecule has 0 atom stereocenters. The molecule has 0 fully saturated rings. The second-order valence-corrected chi connectivity index (χ2v) is 2.98. The fourth-order valence-electron chi connectivity index (χ4n) is 1.09. The zero-order chi connectivity index (χ0) is 10.6. The number of rotatable bonds is 4. The third-order valence-electron chi connectivity index (χ3n) is 2.01. The number of hydrazine groups is 1. The highest BCUT2D eigenvalue weighted by atomic mass is 16.5. The van der Waals surface area contributed by atoms with Crippen LogP contribution in [-0.2, 0) is 11.3 Å². The predicted molar refractivity (Wildman–Crippen MR) is 54.6 cm³/mol. The summed E-state index contributed by atoms with van der Waals surface area (Å²) in [6.45, 7) is 6.86. The van der Waals surface area contributed by atoms with E-state index in [1.807, 2.05) is 20.8 Å². The number of nitrogens with one attached hydrogen (secondary N) is 1. The molecule has 0 aromatic carbocycles. The Hall–Kier alpha value is -1.20. The maximum absolute atomic E-state index is 5.34. The van der Waals surface area contributed by atoms with Crippen LogP contribution in [0, 0.1) is 13.8 Å². The molecule has 0 bridgehead atoms. The van der Waals surface area contributed by atoms with Crippen LogP contribution >= 0.6 is 0 Å². The van der Waals surface area contributed by atoms with Gasteiger partial charge in [-0.1, -0.05) is 0 Å². The van der Waals surface area contributed by atoms with Gasteiger partial charge < -0.3 is 10.2 Å². The van der Waals surface area contributed by atoms with Gasteiger partial charge >= 0.3 is 0 Å². The molecule has 14 heavy (non-hydrogen) atoms. The third-order valence-corrected chi connectivity index (χ3v) is 2.01. The molecular formula is C9H16N4O. The quantitative estimate of drug-likeness (QED) is 0.553. The van der Waals surface area contributed by atoms with E-state index in [4.69, 9.17) is 10.6 Å². The summed E-state index contributed by atoms with van der Waals surface area (Å²) < 4.78 is 5.22. The molecule has 1 rings (SSSR count). The summed E-state index contributed by atoms with van der Waals surface area (Å²) in [5.41, 5.74) is 4.43. The van der Waals surface area contributed by atoms with E-state index in [1.165, 1.54) is 0 Å². The van der Waals surface area contributed by atoms with E-state index in [0.29, 0.717) is 24.9 Å². The van der Waals surface area contributed by atoms with Crippen LogP contribution in [0.15, 0.2) is 0 Å². The van der Waals surface area contributed by atoms with Gasteiger partial charge in [0.25, 0.3) is 0 Å². The number of hydrogen-bond donors (Lipinski definition) is 2. The Morgan fingerprint density at radius 1 is 1.36 bits per heavy atom. The second kappa shape index (κ2) is 4.88. The van der Waals surface area contributed by atoms with Crippen molar-refractivity contribution in [2.45, 2.75) is 27.4 Å². The average Bonchev–Trinajstić information content (AvgIpc) is 2.19. The second-order valence-electron chi connectivity index (χ2n) is 2.98. The van der Waals surface area contributed by atoms with E-state index in [0.717, 1.165) is 11.3 Å². The number of aromatic nitrogens is 2. The predicted octanol–water partition coefficient (Wildman–Crippen LogP) is 0.916. The summed E-state index contributed by atoms with van der Waals surface area (Å²) in [5.74, 6) is 6.65. The number of aryl methyl sites for hydroxylation is 1. The van der Waals surface area contributed by atoms with Crippen LogP contribution in [0.5, 0.6) is 0 Å². The molecule has 0 saturated heterocycles. The zero-order valence-corrected chi connectivity index (χ0v) is 8.79. The van der Waals surface area contributed by atoms with Crippen molar-refractivity contribution in [3.05, 3.63) is 17.1 Å². The first kappa shape index (κ1) is 10.9. The van der Waals surface area contributed by atoms with Gasteiger partial charge in [0.15, 0.2) is 5.82 Å². The molecule has 0 aliphatic carbocycles. The minimum atomic E-state index is 0.423. The number of anilines is 1. The monoisotopic (exact) mass is 196 g/mol. The maximum atomic E-state index is 5.34. The molecular weight excluding hydrogens is 180 g/mol. The Labute approximate surface area is 83.7 Å². The number of nitrogens with zero attached hydrogens (tertiary/aromatic N) is 2. The van der Waals surface area contributed by atoms with Crippen LogP contribution in [0.1, 0.15) is 24.0 Å². The first-order chi connectivity index (χ1) is 6.69. The highest BCUT2D eigenvalue weighted by molar-refractivity contribution is 5.44. The van der Waals surface area contributed by atoms with Gasteiger partial charge in [-0.05, 0) is 20.8 Å². The van der Waals surface area contributed by atoms with Crippen molar-refractivity contribution < 1.29 is 4.74 Å². The van der Waals surface area contributed by atoms with Crippen LogP contribution < -0.4 is 11.3 Å². The maximum Gasteiger partial charge on any atom is 0.156 e. The summed E-state index contributed by atoms with van der Waals surface area (Å²) in [6, 6.07) is 0. The van der Waals surface area contributed by atoms with Gasteiger partial charge in [0.2, 0.25) is 0 Å².